The summed E-state index contributed by atoms with van der Waals surface area (Å²) < 4.78 is 67.6. The Hall–Kier alpha value is -4.61. The molecule has 0 amide bonds. The Labute approximate surface area is 189 Å². The summed E-state index contributed by atoms with van der Waals surface area (Å²) in [6.45, 7) is 0. The van der Waals surface area contributed by atoms with Crippen LogP contribution in [0, 0.1) is 29.1 Å². The van der Waals surface area contributed by atoms with E-state index in [4.69, 9.17) is 0 Å². The molecule has 4 aromatic rings. The van der Waals surface area contributed by atoms with Gasteiger partial charge in [0.1, 0.15) is 0 Å². The monoisotopic (exact) mass is 471 g/mol. The zero-order chi connectivity index (χ0) is 24.1. The number of halogens is 5. The number of hydrazone groups is 1. The number of rotatable bonds is 7. The van der Waals surface area contributed by atoms with Crippen LogP contribution in [0.3, 0.4) is 0 Å². The van der Waals surface area contributed by atoms with E-state index >= 15 is 0 Å². The molecule has 3 aromatic carbocycles. The SMILES string of the molecule is Fc1c(F)c(F)c(/C=N\Nc2nc(Nc3ccccc3)nc(Nc3ccccc3)n2)c(F)c1F. The van der Waals surface area contributed by atoms with Gasteiger partial charge in [0.15, 0.2) is 23.3 Å². The van der Waals surface area contributed by atoms with E-state index in [-0.39, 0.29) is 17.8 Å². The Morgan fingerprint density at radius 1 is 0.559 bits per heavy atom. The first-order valence-corrected chi connectivity index (χ1v) is 9.63. The van der Waals surface area contributed by atoms with Crippen molar-refractivity contribution in [3.8, 4) is 0 Å². The van der Waals surface area contributed by atoms with Gasteiger partial charge in [-0.15, -0.1) is 0 Å². The molecule has 0 saturated carbocycles. The second-order valence-corrected chi connectivity index (χ2v) is 6.64. The lowest BCUT2D eigenvalue weighted by Crippen LogP contribution is -2.09. The molecule has 0 atom stereocenters. The van der Waals surface area contributed by atoms with E-state index < -0.39 is 34.6 Å². The largest absolute Gasteiger partial charge is 0.324 e. The predicted molar refractivity (Wildman–Crippen MR) is 117 cm³/mol. The smallest absolute Gasteiger partial charge is 0.250 e. The van der Waals surface area contributed by atoms with Crippen LogP contribution in [0.5, 0.6) is 0 Å². The molecule has 0 bridgehead atoms. The van der Waals surface area contributed by atoms with E-state index in [1.807, 2.05) is 12.1 Å². The highest BCUT2D eigenvalue weighted by molar-refractivity contribution is 5.81. The topological polar surface area (TPSA) is 87.1 Å². The van der Waals surface area contributed by atoms with Crippen LogP contribution in [0.1, 0.15) is 5.56 Å². The Kier molecular flexibility index (Phi) is 6.57. The van der Waals surface area contributed by atoms with Crippen molar-refractivity contribution in [3.63, 3.8) is 0 Å². The average molecular weight is 471 g/mol. The highest BCUT2D eigenvalue weighted by atomic mass is 19.2. The van der Waals surface area contributed by atoms with Crippen LogP contribution in [-0.4, -0.2) is 21.2 Å². The van der Waals surface area contributed by atoms with Crippen LogP contribution >= 0.6 is 0 Å². The first kappa shape index (κ1) is 22.6. The lowest BCUT2D eigenvalue weighted by atomic mass is 10.2. The minimum atomic E-state index is -2.26. The fourth-order valence-corrected chi connectivity index (χ4v) is 2.73. The van der Waals surface area contributed by atoms with Gasteiger partial charge in [-0.2, -0.15) is 20.1 Å². The maximum Gasteiger partial charge on any atom is 0.250 e. The van der Waals surface area contributed by atoms with Crippen molar-refractivity contribution < 1.29 is 22.0 Å². The van der Waals surface area contributed by atoms with E-state index in [9.17, 15) is 22.0 Å². The maximum absolute atomic E-state index is 13.8. The third-order valence-corrected chi connectivity index (χ3v) is 4.30. The highest BCUT2D eigenvalue weighted by Gasteiger charge is 2.24. The fourth-order valence-electron chi connectivity index (χ4n) is 2.73. The van der Waals surface area contributed by atoms with Crippen molar-refractivity contribution in [2.45, 2.75) is 0 Å². The molecular weight excluding hydrogens is 457 g/mol. The molecule has 0 fully saturated rings. The number of hydrogen-bond donors (Lipinski definition) is 3. The van der Waals surface area contributed by atoms with Gasteiger partial charge in [-0.3, -0.25) is 0 Å². The van der Waals surface area contributed by atoms with E-state index in [1.54, 1.807) is 48.5 Å². The molecule has 12 heteroatoms. The van der Waals surface area contributed by atoms with Crippen molar-refractivity contribution in [1.29, 1.82) is 0 Å². The molecule has 0 aliphatic carbocycles. The standard InChI is InChI=1S/C22H14F5N7/c23-15-14(16(24)18(26)19(27)17(15)25)11-28-34-22-32-20(29-12-7-3-1-4-8-12)31-21(33-22)30-13-9-5-2-6-10-13/h1-11H,(H3,29,30,31,32,33,34)/b28-11-. The lowest BCUT2D eigenvalue weighted by molar-refractivity contribution is 0.377. The van der Waals surface area contributed by atoms with Gasteiger partial charge in [0.2, 0.25) is 23.7 Å². The molecule has 34 heavy (non-hydrogen) atoms. The number of nitrogens with one attached hydrogen (secondary N) is 3. The van der Waals surface area contributed by atoms with Crippen LogP contribution in [0.4, 0.5) is 51.2 Å². The number of benzene rings is 3. The Balaban J connectivity index is 1.63. The van der Waals surface area contributed by atoms with Crippen LogP contribution in [0.25, 0.3) is 0 Å². The van der Waals surface area contributed by atoms with Gasteiger partial charge in [0.25, 0.3) is 0 Å². The van der Waals surface area contributed by atoms with Crippen molar-refractivity contribution in [2.75, 3.05) is 16.1 Å². The van der Waals surface area contributed by atoms with Gasteiger partial charge in [-0.05, 0) is 24.3 Å². The molecule has 0 saturated heterocycles. The Bertz CT molecular complexity index is 1250. The van der Waals surface area contributed by atoms with Crippen molar-refractivity contribution in [1.82, 2.24) is 15.0 Å². The number of anilines is 5. The van der Waals surface area contributed by atoms with E-state index in [1.165, 1.54) is 0 Å². The molecule has 172 valence electrons. The van der Waals surface area contributed by atoms with Crippen LogP contribution in [0.15, 0.2) is 65.8 Å². The highest BCUT2D eigenvalue weighted by Crippen LogP contribution is 2.22. The molecule has 0 unspecified atom stereocenters. The second kappa shape index (κ2) is 9.90. The number of hydrogen-bond acceptors (Lipinski definition) is 7. The van der Waals surface area contributed by atoms with Crippen molar-refractivity contribution >= 4 is 35.4 Å². The van der Waals surface area contributed by atoms with Crippen LogP contribution in [-0.2, 0) is 0 Å². The van der Waals surface area contributed by atoms with Gasteiger partial charge in [-0.1, -0.05) is 36.4 Å². The number of nitrogens with zero attached hydrogens (tertiary/aromatic N) is 4. The lowest BCUT2D eigenvalue weighted by Gasteiger charge is -2.10. The van der Waals surface area contributed by atoms with Gasteiger partial charge < -0.3 is 10.6 Å². The van der Waals surface area contributed by atoms with Crippen LogP contribution < -0.4 is 16.1 Å². The Morgan fingerprint density at radius 3 is 1.44 bits per heavy atom. The molecule has 3 N–H and O–H groups in total. The van der Waals surface area contributed by atoms with Gasteiger partial charge in [-0.25, -0.2) is 27.4 Å². The molecule has 0 radical (unpaired) electrons. The minimum Gasteiger partial charge on any atom is -0.324 e. The molecule has 7 nitrogen and oxygen atoms in total. The summed E-state index contributed by atoms with van der Waals surface area (Å²) in [5.74, 6) is -10.4. The summed E-state index contributed by atoms with van der Waals surface area (Å²) in [5.41, 5.74) is 2.41. The Morgan fingerprint density at radius 2 is 0.971 bits per heavy atom. The number of para-hydroxylation sites is 2. The summed E-state index contributed by atoms with van der Waals surface area (Å²) >= 11 is 0. The molecule has 4 rings (SSSR count). The van der Waals surface area contributed by atoms with Gasteiger partial charge >= 0.3 is 0 Å². The summed E-state index contributed by atoms with van der Waals surface area (Å²) in [6.07, 6.45) is 0.439. The number of aromatic nitrogens is 3. The summed E-state index contributed by atoms with van der Waals surface area (Å²) in [4.78, 5) is 12.5. The first-order chi connectivity index (χ1) is 16.4. The third kappa shape index (κ3) is 5.06. The zero-order valence-electron chi connectivity index (χ0n) is 17.0. The van der Waals surface area contributed by atoms with Gasteiger partial charge in [0.05, 0.1) is 11.8 Å². The van der Waals surface area contributed by atoms with E-state index in [0.29, 0.717) is 17.6 Å². The third-order valence-electron chi connectivity index (χ3n) is 4.30. The molecule has 0 spiro atoms. The van der Waals surface area contributed by atoms with E-state index in [2.05, 4.69) is 36.1 Å². The molecule has 0 aliphatic heterocycles. The minimum absolute atomic E-state index is 0.0913. The van der Waals surface area contributed by atoms with E-state index in [0.717, 1.165) is 0 Å². The van der Waals surface area contributed by atoms with Crippen LogP contribution in [0.2, 0.25) is 0 Å². The predicted octanol–water partition coefficient (Wildman–Crippen LogP) is 5.50. The van der Waals surface area contributed by atoms with Gasteiger partial charge in [0, 0.05) is 11.4 Å². The molecular formula is C22H14F5N7. The fraction of sp³-hybridized carbons (Fsp3) is 0. The van der Waals surface area contributed by atoms with Crippen molar-refractivity contribution in [2.24, 2.45) is 5.10 Å². The zero-order valence-corrected chi connectivity index (χ0v) is 17.0. The maximum atomic E-state index is 13.8. The summed E-state index contributed by atoms with van der Waals surface area (Å²) in [5, 5.41) is 9.45. The van der Waals surface area contributed by atoms with Crippen molar-refractivity contribution in [3.05, 3.63) is 95.3 Å². The molecule has 0 aliphatic rings. The first-order valence-electron chi connectivity index (χ1n) is 9.63. The summed E-state index contributed by atoms with van der Waals surface area (Å²) in [6, 6.07) is 17.9. The normalized spacial score (nSPS) is 11.0. The average Bonchev–Trinajstić information content (AvgIpc) is 2.85. The molecule has 1 heterocycles. The second-order valence-electron chi connectivity index (χ2n) is 6.64. The summed E-state index contributed by atoms with van der Waals surface area (Å²) in [7, 11) is 0. The quantitative estimate of drug-likeness (QED) is 0.109. The molecule has 1 aromatic heterocycles.